The molecule has 2 rings (SSSR count). The Bertz CT molecular complexity index is 551. The first-order valence-corrected chi connectivity index (χ1v) is 7.26. The number of ether oxygens (including phenoxy) is 1. The second kappa shape index (κ2) is 7.32. The van der Waals surface area contributed by atoms with E-state index in [2.05, 4.69) is 36.5 Å². The fourth-order valence-electron chi connectivity index (χ4n) is 2.06. The molecule has 0 bridgehead atoms. The monoisotopic (exact) mass is 289 g/mol. The Morgan fingerprint density at radius 3 is 2.40 bits per heavy atom. The molecule has 0 aliphatic carbocycles. The molecule has 0 saturated carbocycles. The van der Waals surface area contributed by atoms with E-state index >= 15 is 0 Å². The summed E-state index contributed by atoms with van der Waals surface area (Å²) in [4.78, 5) is 0. The lowest BCUT2D eigenvalue weighted by molar-refractivity contribution is 0.415. The van der Waals surface area contributed by atoms with Gasteiger partial charge in [0.25, 0.3) is 0 Å². The van der Waals surface area contributed by atoms with Gasteiger partial charge in [-0.3, -0.25) is 0 Å². The highest BCUT2D eigenvalue weighted by atomic mass is 35.5. The van der Waals surface area contributed by atoms with Gasteiger partial charge in [-0.05, 0) is 41.8 Å². The number of halogens is 1. The fraction of sp³-hybridized carbons (Fsp3) is 0.294. The quantitative estimate of drug-likeness (QED) is 0.790. The molecule has 2 nitrogen and oxygen atoms in total. The highest BCUT2D eigenvalue weighted by Gasteiger charge is 2.04. The standard InChI is InChI=1S/C17H20ClNO/c1-3-10-19-12-13-4-6-14(7-5-13)15-8-9-16(18)17(11-15)20-2/h4-9,11,19H,3,10,12H2,1-2H3. The van der Waals surface area contributed by atoms with E-state index < -0.39 is 0 Å². The minimum absolute atomic E-state index is 0.636. The summed E-state index contributed by atoms with van der Waals surface area (Å²) in [6.45, 7) is 4.14. The maximum Gasteiger partial charge on any atom is 0.138 e. The van der Waals surface area contributed by atoms with Gasteiger partial charge in [-0.1, -0.05) is 48.9 Å². The van der Waals surface area contributed by atoms with Crippen molar-refractivity contribution < 1.29 is 4.74 Å². The average Bonchev–Trinajstić information content (AvgIpc) is 2.49. The van der Waals surface area contributed by atoms with Crippen LogP contribution in [-0.4, -0.2) is 13.7 Å². The molecule has 0 unspecified atom stereocenters. The van der Waals surface area contributed by atoms with Crippen molar-refractivity contribution in [2.24, 2.45) is 0 Å². The van der Waals surface area contributed by atoms with Crippen LogP contribution in [0.25, 0.3) is 11.1 Å². The first kappa shape index (κ1) is 14.9. The van der Waals surface area contributed by atoms with Crippen LogP contribution in [0.4, 0.5) is 0 Å². The molecule has 0 amide bonds. The van der Waals surface area contributed by atoms with Crippen molar-refractivity contribution in [3.8, 4) is 16.9 Å². The minimum Gasteiger partial charge on any atom is -0.495 e. The predicted molar refractivity (Wildman–Crippen MR) is 85.4 cm³/mol. The molecule has 0 aliphatic heterocycles. The fourth-order valence-corrected chi connectivity index (χ4v) is 2.26. The number of nitrogens with one attached hydrogen (secondary N) is 1. The lowest BCUT2D eigenvalue weighted by Gasteiger charge is -2.08. The van der Waals surface area contributed by atoms with Gasteiger partial charge in [0.15, 0.2) is 0 Å². The molecule has 1 N–H and O–H groups in total. The Balaban J connectivity index is 2.13. The van der Waals surface area contributed by atoms with Gasteiger partial charge >= 0.3 is 0 Å². The molecule has 2 aromatic rings. The van der Waals surface area contributed by atoms with E-state index in [1.54, 1.807) is 7.11 Å². The normalized spacial score (nSPS) is 10.6. The van der Waals surface area contributed by atoms with Gasteiger partial charge in [0.2, 0.25) is 0 Å². The molecule has 20 heavy (non-hydrogen) atoms. The highest BCUT2D eigenvalue weighted by molar-refractivity contribution is 6.32. The summed E-state index contributed by atoms with van der Waals surface area (Å²) in [7, 11) is 1.63. The molecule has 106 valence electrons. The van der Waals surface area contributed by atoms with E-state index in [1.165, 1.54) is 11.1 Å². The van der Waals surface area contributed by atoms with Gasteiger partial charge in [-0.15, -0.1) is 0 Å². The lowest BCUT2D eigenvalue weighted by atomic mass is 10.0. The van der Waals surface area contributed by atoms with E-state index in [1.807, 2.05) is 18.2 Å². The third kappa shape index (κ3) is 3.75. The Kier molecular flexibility index (Phi) is 5.45. The molecule has 3 heteroatoms. The number of hydrogen-bond donors (Lipinski definition) is 1. The van der Waals surface area contributed by atoms with E-state index in [0.717, 1.165) is 25.1 Å². The van der Waals surface area contributed by atoms with Crippen LogP contribution in [0, 0.1) is 0 Å². The summed E-state index contributed by atoms with van der Waals surface area (Å²) in [5.41, 5.74) is 3.57. The van der Waals surface area contributed by atoms with E-state index in [9.17, 15) is 0 Å². The first-order chi connectivity index (χ1) is 9.74. The van der Waals surface area contributed by atoms with Crippen LogP contribution in [0.15, 0.2) is 42.5 Å². The first-order valence-electron chi connectivity index (χ1n) is 6.88. The summed E-state index contributed by atoms with van der Waals surface area (Å²) in [6.07, 6.45) is 1.16. The van der Waals surface area contributed by atoms with Crippen molar-refractivity contribution in [1.82, 2.24) is 5.32 Å². The number of benzene rings is 2. The highest BCUT2D eigenvalue weighted by Crippen LogP contribution is 2.30. The number of methoxy groups -OCH3 is 1. The van der Waals surface area contributed by atoms with Gasteiger partial charge in [-0.2, -0.15) is 0 Å². The van der Waals surface area contributed by atoms with Crippen LogP contribution in [-0.2, 0) is 6.54 Å². The van der Waals surface area contributed by atoms with Crippen LogP contribution in [0.5, 0.6) is 5.75 Å². The van der Waals surface area contributed by atoms with Crippen molar-refractivity contribution in [3.63, 3.8) is 0 Å². The summed E-state index contributed by atoms with van der Waals surface area (Å²) < 4.78 is 5.25. The lowest BCUT2D eigenvalue weighted by Crippen LogP contribution is -2.13. The van der Waals surface area contributed by atoms with Crippen LogP contribution in [0.2, 0.25) is 5.02 Å². The zero-order chi connectivity index (χ0) is 14.4. The van der Waals surface area contributed by atoms with Crippen molar-refractivity contribution in [1.29, 1.82) is 0 Å². The van der Waals surface area contributed by atoms with Gasteiger partial charge < -0.3 is 10.1 Å². The van der Waals surface area contributed by atoms with Crippen LogP contribution < -0.4 is 10.1 Å². The molecule has 0 aliphatic rings. The average molecular weight is 290 g/mol. The van der Waals surface area contributed by atoms with Crippen LogP contribution in [0.1, 0.15) is 18.9 Å². The topological polar surface area (TPSA) is 21.3 Å². The Morgan fingerprint density at radius 1 is 1.05 bits per heavy atom. The van der Waals surface area contributed by atoms with Crippen molar-refractivity contribution in [2.45, 2.75) is 19.9 Å². The van der Waals surface area contributed by atoms with Crippen LogP contribution >= 0.6 is 11.6 Å². The van der Waals surface area contributed by atoms with E-state index in [-0.39, 0.29) is 0 Å². The third-order valence-electron chi connectivity index (χ3n) is 3.19. The second-order valence-corrected chi connectivity index (χ2v) is 5.13. The SMILES string of the molecule is CCCNCc1ccc(-c2ccc(Cl)c(OC)c2)cc1. The molecule has 0 spiro atoms. The van der Waals surface area contributed by atoms with Gasteiger partial charge in [0.05, 0.1) is 12.1 Å². The van der Waals surface area contributed by atoms with Gasteiger partial charge in [-0.25, -0.2) is 0 Å². The number of rotatable bonds is 6. The Hall–Kier alpha value is -1.51. The summed E-state index contributed by atoms with van der Waals surface area (Å²) in [5.74, 6) is 0.706. The van der Waals surface area contributed by atoms with E-state index in [4.69, 9.17) is 16.3 Å². The van der Waals surface area contributed by atoms with Crippen molar-refractivity contribution in [2.75, 3.05) is 13.7 Å². The predicted octanol–water partition coefficient (Wildman–Crippen LogP) is 4.52. The molecule has 0 heterocycles. The Labute approximate surface area is 125 Å². The van der Waals surface area contributed by atoms with Gasteiger partial charge in [0, 0.05) is 6.54 Å². The summed E-state index contributed by atoms with van der Waals surface area (Å²) in [6, 6.07) is 14.4. The van der Waals surface area contributed by atoms with Crippen molar-refractivity contribution in [3.05, 3.63) is 53.1 Å². The second-order valence-electron chi connectivity index (χ2n) is 4.72. The molecular formula is C17H20ClNO. The molecule has 0 atom stereocenters. The van der Waals surface area contributed by atoms with Crippen molar-refractivity contribution >= 4 is 11.6 Å². The molecule has 0 saturated heterocycles. The zero-order valence-corrected chi connectivity index (χ0v) is 12.7. The maximum absolute atomic E-state index is 6.05. The molecule has 0 radical (unpaired) electrons. The summed E-state index contributed by atoms with van der Waals surface area (Å²) in [5, 5.41) is 4.03. The minimum atomic E-state index is 0.636. The third-order valence-corrected chi connectivity index (χ3v) is 3.51. The zero-order valence-electron chi connectivity index (χ0n) is 11.9. The smallest absolute Gasteiger partial charge is 0.138 e. The van der Waals surface area contributed by atoms with Crippen LogP contribution in [0.3, 0.4) is 0 Å². The largest absolute Gasteiger partial charge is 0.495 e. The molecular weight excluding hydrogens is 270 g/mol. The molecule has 0 aromatic heterocycles. The number of hydrogen-bond acceptors (Lipinski definition) is 2. The molecule has 0 fully saturated rings. The summed E-state index contributed by atoms with van der Waals surface area (Å²) >= 11 is 6.05. The maximum atomic E-state index is 6.05. The van der Waals surface area contributed by atoms with E-state index in [0.29, 0.717) is 10.8 Å². The molecule has 2 aromatic carbocycles. The van der Waals surface area contributed by atoms with Gasteiger partial charge in [0.1, 0.15) is 5.75 Å². The Morgan fingerprint density at radius 2 is 1.75 bits per heavy atom.